The summed E-state index contributed by atoms with van der Waals surface area (Å²) in [6.07, 6.45) is 1.32. The Kier molecular flexibility index (Phi) is 6.30. The third-order valence-corrected chi connectivity index (χ3v) is 4.56. The smallest absolute Gasteiger partial charge is 0.308 e. The van der Waals surface area contributed by atoms with Gasteiger partial charge in [-0.15, -0.1) is 0 Å². The number of carbonyl (C=O) groups is 2. The molecule has 1 amide bonds. The Morgan fingerprint density at radius 3 is 2.33 bits per heavy atom. The zero-order valence-corrected chi connectivity index (χ0v) is 15.0. The fourth-order valence-electron chi connectivity index (χ4n) is 3.01. The molecule has 1 N–H and O–H groups in total. The van der Waals surface area contributed by atoms with Gasteiger partial charge in [-0.05, 0) is 42.7 Å². The molecule has 1 saturated heterocycles. The topological polar surface area (TPSA) is 76.1 Å². The van der Waals surface area contributed by atoms with Gasteiger partial charge in [-0.1, -0.05) is 30.3 Å². The summed E-state index contributed by atoms with van der Waals surface area (Å²) in [4.78, 5) is 24.9. The van der Waals surface area contributed by atoms with E-state index in [0.717, 1.165) is 11.3 Å². The molecule has 0 bridgehead atoms. The van der Waals surface area contributed by atoms with Gasteiger partial charge < -0.3 is 19.5 Å². The molecule has 0 spiro atoms. The van der Waals surface area contributed by atoms with Crippen LogP contribution in [-0.2, 0) is 16.2 Å². The molecule has 1 heterocycles. The minimum Gasteiger partial charge on any atom is -0.489 e. The SMILES string of the molecule is O=C(O)[C@H]1CCCN(C(=O)COc2ccc(OCc3ccccc3)cc2)C1. The molecule has 1 aliphatic heterocycles. The molecule has 0 radical (unpaired) electrons. The highest BCUT2D eigenvalue weighted by atomic mass is 16.5. The highest BCUT2D eigenvalue weighted by Gasteiger charge is 2.28. The summed E-state index contributed by atoms with van der Waals surface area (Å²) in [5.41, 5.74) is 1.09. The van der Waals surface area contributed by atoms with Crippen molar-refractivity contribution in [3.05, 3.63) is 60.2 Å². The van der Waals surface area contributed by atoms with Crippen molar-refractivity contribution in [2.45, 2.75) is 19.4 Å². The summed E-state index contributed by atoms with van der Waals surface area (Å²) in [5.74, 6) is -0.228. The molecule has 1 atom stereocenters. The van der Waals surface area contributed by atoms with Gasteiger partial charge in [0.1, 0.15) is 18.1 Å². The van der Waals surface area contributed by atoms with E-state index in [1.807, 2.05) is 30.3 Å². The van der Waals surface area contributed by atoms with E-state index >= 15 is 0 Å². The second-order valence-corrected chi connectivity index (χ2v) is 6.55. The van der Waals surface area contributed by atoms with Crippen LogP contribution in [0.5, 0.6) is 11.5 Å². The van der Waals surface area contributed by atoms with Crippen LogP contribution in [0.3, 0.4) is 0 Å². The Labute approximate surface area is 158 Å². The third-order valence-electron chi connectivity index (χ3n) is 4.56. The minimum atomic E-state index is -0.848. The van der Waals surface area contributed by atoms with Gasteiger partial charge in [0.25, 0.3) is 5.91 Å². The lowest BCUT2D eigenvalue weighted by atomic mass is 9.98. The standard InChI is InChI=1S/C21H23NO5/c23-20(22-12-4-7-17(13-22)21(24)25)15-27-19-10-8-18(9-11-19)26-14-16-5-2-1-3-6-16/h1-3,5-6,8-11,17H,4,7,12-15H2,(H,24,25)/t17-/m0/s1. The van der Waals surface area contributed by atoms with E-state index in [2.05, 4.69) is 0 Å². The van der Waals surface area contributed by atoms with Crippen molar-refractivity contribution in [1.29, 1.82) is 0 Å². The highest BCUT2D eigenvalue weighted by Crippen LogP contribution is 2.20. The maximum Gasteiger partial charge on any atom is 0.308 e. The number of piperidine rings is 1. The fourth-order valence-corrected chi connectivity index (χ4v) is 3.01. The van der Waals surface area contributed by atoms with Gasteiger partial charge in [0.05, 0.1) is 5.92 Å². The van der Waals surface area contributed by atoms with E-state index in [9.17, 15) is 9.59 Å². The average molecular weight is 369 g/mol. The summed E-state index contributed by atoms with van der Waals surface area (Å²) in [5, 5.41) is 9.11. The van der Waals surface area contributed by atoms with Crippen molar-refractivity contribution < 1.29 is 24.2 Å². The van der Waals surface area contributed by atoms with Crippen LogP contribution in [0.15, 0.2) is 54.6 Å². The zero-order chi connectivity index (χ0) is 19.1. The summed E-state index contributed by atoms with van der Waals surface area (Å²) in [6, 6.07) is 17.0. The first-order valence-corrected chi connectivity index (χ1v) is 9.02. The Balaban J connectivity index is 1.45. The monoisotopic (exact) mass is 369 g/mol. The van der Waals surface area contributed by atoms with Crippen LogP contribution in [0, 0.1) is 5.92 Å². The number of carboxylic acid groups (broad SMARTS) is 1. The van der Waals surface area contributed by atoms with E-state index in [1.165, 1.54) is 0 Å². The molecule has 6 nitrogen and oxygen atoms in total. The Bertz CT molecular complexity index is 760. The van der Waals surface area contributed by atoms with E-state index in [0.29, 0.717) is 31.7 Å². The first-order valence-electron chi connectivity index (χ1n) is 9.02. The van der Waals surface area contributed by atoms with Gasteiger partial charge in [-0.2, -0.15) is 0 Å². The Hall–Kier alpha value is -3.02. The third kappa shape index (κ3) is 5.48. The quantitative estimate of drug-likeness (QED) is 0.812. The number of nitrogens with zero attached hydrogens (tertiary/aromatic N) is 1. The largest absolute Gasteiger partial charge is 0.489 e. The average Bonchev–Trinajstić information content (AvgIpc) is 2.72. The van der Waals surface area contributed by atoms with Gasteiger partial charge in [0.2, 0.25) is 0 Å². The normalized spacial score (nSPS) is 16.6. The first-order chi connectivity index (χ1) is 13.1. The predicted molar refractivity (Wildman–Crippen MR) is 99.7 cm³/mol. The number of amides is 1. The van der Waals surface area contributed by atoms with Crippen molar-refractivity contribution in [1.82, 2.24) is 4.90 Å². The summed E-state index contributed by atoms with van der Waals surface area (Å²) < 4.78 is 11.3. The summed E-state index contributed by atoms with van der Waals surface area (Å²) in [6.45, 7) is 1.22. The number of hydrogen-bond donors (Lipinski definition) is 1. The highest BCUT2D eigenvalue weighted by molar-refractivity contribution is 5.79. The molecule has 1 fully saturated rings. The fraction of sp³-hybridized carbons (Fsp3) is 0.333. The van der Waals surface area contributed by atoms with E-state index in [1.54, 1.807) is 29.2 Å². The molecule has 6 heteroatoms. The second-order valence-electron chi connectivity index (χ2n) is 6.55. The number of benzene rings is 2. The Morgan fingerprint density at radius 2 is 1.67 bits per heavy atom. The number of rotatable bonds is 7. The lowest BCUT2D eigenvalue weighted by Gasteiger charge is -2.30. The zero-order valence-electron chi connectivity index (χ0n) is 15.0. The molecule has 0 saturated carbocycles. The molecule has 0 unspecified atom stereocenters. The molecule has 2 aromatic rings. The summed E-state index contributed by atoms with van der Waals surface area (Å²) >= 11 is 0. The van der Waals surface area contributed by atoms with Gasteiger partial charge in [-0.25, -0.2) is 0 Å². The predicted octanol–water partition coefficient (Wildman–Crippen LogP) is 2.97. The maximum atomic E-state index is 12.2. The van der Waals surface area contributed by atoms with Crippen LogP contribution in [0.25, 0.3) is 0 Å². The van der Waals surface area contributed by atoms with Crippen LogP contribution in [-0.4, -0.2) is 41.6 Å². The molecule has 1 aliphatic rings. The van der Waals surface area contributed by atoms with Gasteiger partial charge >= 0.3 is 5.97 Å². The van der Waals surface area contributed by atoms with Crippen molar-refractivity contribution in [2.24, 2.45) is 5.92 Å². The molecule has 142 valence electrons. The molecule has 2 aromatic carbocycles. The molecular formula is C21H23NO5. The number of aliphatic carboxylic acids is 1. The van der Waals surface area contributed by atoms with E-state index in [4.69, 9.17) is 14.6 Å². The van der Waals surface area contributed by atoms with Crippen molar-refractivity contribution >= 4 is 11.9 Å². The number of carbonyl (C=O) groups excluding carboxylic acids is 1. The minimum absolute atomic E-state index is 0.101. The van der Waals surface area contributed by atoms with Crippen LogP contribution in [0.4, 0.5) is 0 Å². The Morgan fingerprint density at radius 1 is 1.00 bits per heavy atom. The lowest BCUT2D eigenvalue weighted by Crippen LogP contribution is -2.44. The second kappa shape index (κ2) is 9.07. The number of carboxylic acids is 1. The van der Waals surface area contributed by atoms with Crippen molar-refractivity contribution in [3.63, 3.8) is 0 Å². The van der Waals surface area contributed by atoms with Crippen molar-refractivity contribution in [3.8, 4) is 11.5 Å². The molecule has 3 rings (SSSR count). The van der Waals surface area contributed by atoms with Crippen LogP contribution < -0.4 is 9.47 Å². The van der Waals surface area contributed by atoms with Gasteiger partial charge in [-0.3, -0.25) is 9.59 Å². The number of ether oxygens (including phenoxy) is 2. The molecular weight excluding hydrogens is 346 g/mol. The number of likely N-dealkylation sites (tertiary alicyclic amines) is 1. The van der Waals surface area contributed by atoms with Crippen molar-refractivity contribution in [2.75, 3.05) is 19.7 Å². The first kappa shape index (κ1) is 18.8. The summed E-state index contributed by atoms with van der Waals surface area (Å²) in [7, 11) is 0. The molecule has 0 aromatic heterocycles. The molecule has 27 heavy (non-hydrogen) atoms. The van der Waals surface area contributed by atoms with E-state index < -0.39 is 11.9 Å². The van der Waals surface area contributed by atoms with Gasteiger partial charge in [0.15, 0.2) is 6.61 Å². The number of hydrogen-bond acceptors (Lipinski definition) is 4. The lowest BCUT2D eigenvalue weighted by molar-refractivity contribution is -0.146. The van der Waals surface area contributed by atoms with Crippen LogP contribution >= 0.6 is 0 Å². The maximum absolute atomic E-state index is 12.2. The van der Waals surface area contributed by atoms with E-state index in [-0.39, 0.29) is 19.1 Å². The molecule has 0 aliphatic carbocycles. The van der Waals surface area contributed by atoms with Gasteiger partial charge in [0, 0.05) is 13.1 Å². The van der Waals surface area contributed by atoms with Crippen LogP contribution in [0.1, 0.15) is 18.4 Å². The van der Waals surface area contributed by atoms with Crippen LogP contribution in [0.2, 0.25) is 0 Å².